The Kier molecular flexibility index (Phi) is 4.65. The Morgan fingerprint density at radius 3 is 2.94 bits per heavy atom. The molecule has 0 radical (unpaired) electrons. The minimum absolute atomic E-state index is 0.0128. The maximum Gasteiger partial charge on any atom is 0.328 e. The van der Waals surface area contributed by atoms with Crippen LogP contribution in [0, 0.1) is 0 Å². The molecule has 1 heterocycles. The molecule has 0 aliphatic carbocycles. The summed E-state index contributed by atoms with van der Waals surface area (Å²) in [5.41, 5.74) is -0.350. The lowest BCUT2D eigenvalue weighted by Gasteiger charge is -2.14. The number of carboxylic acid groups (broad SMARTS) is 1. The summed E-state index contributed by atoms with van der Waals surface area (Å²) in [7, 11) is 1.39. The van der Waals surface area contributed by atoms with Crippen LogP contribution in [0.5, 0.6) is 0 Å². The van der Waals surface area contributed by atoms with Crippen molar-refractivity contribution in [2.45, 2.75) is 19.5 Å². The van der Waals surface area contributed by atoms with Crippen LogP contribution in [0.15, 0.2) is 17.2 Å². The minimum Gasteiger partial charge on any atom is -0.480 e. The summed E-state index contributed by atoms with van der Waals surface area (Å²) >= 11 is 0. The van der Waals surface area contributed by atoms with E-state index in [9.17, 15) is 9.59 Å². The molecule has 0 saturated carbocycles. The molecule has 7 heteroatoms. The van der Waals surface area contributed by atoms with E-state index < -0.39 is 12.0 Å². The zero-order valence-corrected chi connectivity index (χ0v) is 9.71. The molecule has 0 saturated heterocycles. The molecule has 1 unspecified atom stereocenters. The van der Waals surface area contributed by atoms with E-state index in [4.69, 9.17) is 9.84 Å². The summed E-state index contributed by atoms with van der Waals surface area (Å²) in [5, 5.41) is 11.5. The molecule has 0 aliphatic rings. The number of hydrogen-bond donors (Lipinski definition) is 2. The predicted molar refractivity (Wildman–Crippen MR) is 61.1 cm³/mol. The number of aliphatic carboxylic acids is 1. The lowest BCUT2D eigenvalue weighted by atomic mass is 10.3. The molecule has 0 bridgehead atoms. The number of hydrogen-bond acceptors (Lipinski definition) is 5. The van der Waals surface area contributed by atoms with E-state index in [-0.39, 0.29) is 18.0 Å². The number of aryl methyl sites for hydroxylation is 1. The minimum atomic E-state index is -1.10. The van der Waals surface area contributed by atoms with Gasteiger partial charge in [0.2, 0.25) is 0 Å². The van der Waals surface area contributed by atoms with Crippen molar-refractivity contribution >= 4 is 11.8 Å². The van der Waals surface area contributed by atoms with Gasteiger partial charge in [0.1, 0.15) is 6.04 Å². The van der Waals surface area contributed by atoms with Crippen LogP contribution in [-0.4, -0.2) is 40.4 Å². The molecule has 1 aromatic heterocycles. The van der Waals surface area contributed by atoms with Crippen molar-refractivity contribution in [3.63, 3.8) is 0 Å². The summed E-state index contributed by atoms with van der Waals surface area (Å²) in [6, 6.07) is -0.993. The van der Waals surface area contributed by atoms with Gasteiger partial charge in [-0.3, -0.25) is 4.79 Å². The zero-order chi connectivity index (χ0) is 12.8. The first-order chi connectivity index (χ1) is 8.10. The van der Waals surface area contributed by atoms with Crippen LogP contribution in [0.2, 0.25) is 0 Å². The quantitative estimate of drug-likeness (QED) is 0.714. The molecule has 0 aliphatic heterocycles. The second-order valence-corrected chi connectivity index (χ2v) is 3.36. The van der Waals surface area contributed by atoms with Crippen molar-refractivity contribution in [1.29, 1.82) is 0 Å². The first kappa shape index (κ1) is 13.2. The second-order valence-electron chi connectivity index (χ2n) is 3.36. The number of rotatable bonds is 6. The van der Waals surface area contributed by atoms with Crippen LogP contribution >= 0.6 is 0 Å². The predicted octanol–water partition coefficient (Wildman–Crippen LogP) is -0.225. The number of methoxy groups -OCH3 is 1. The largest absolute Gasteiger partial charge is 0.480 e. The Labute approximate surface area is 98.1 Å². The van der Waals surface area contributed by atoms with E-state index in [2.05, 4.69) is 10.3 Å². The van der Waals surface area contributed by atoms with Crippen molar-refractivity contribution in [3.8, 4) is 0 Å². The van der Waals surface area contributed by atoms with E-state index in [0.29, 0.717) is 6.54 Å². The van der Waals surface area contributed by atoms with E-state index in [1.54, 1.807) is 6.20 Å². The van der Waals surface area contributed by atoms with Crippen molar-refractivity contribution in [2.24, 2.45) is 0 Å². The van der Waals surface area contributed by atoms with Crippen molar-refractivity contribution in [1.82, 2.24) is 9.55 Å². The van der Waals surface area contributed by atoms with Gasteiger partial charge < -0.3 is 19.7 Å². The average molecular weight is 241 g/mol. The first-order valence-corrected chi connectivity index (χ1v) is 5.13. The van der Waals surface area contributed by atoms with E-state index in [1.807, 2.05) is 6.92 Å². The van der Waals surface area contributed by atoms with Crippen LogP contribution in [0.3, 0.4) is 0 Å². The maximum absolute atomic E-state index is 11.8. The van der Waals surface area contributed by atoms with Gasteiger partial charge in [-0.15, -0.1) is 0 Å². The molecule has 0 fully saturated rings. The van der Waals surface area contributed by atoms with E-state index >= 15 is 0 Å². The van der Waals surface area contributed by atoms with Gasteiger partial charge in [-0.2, -0.15) is 0 Å². The summed E-state index contributed by atoms with van der Waals surface area (Å²) in [6.07, 6.45) is 2.98. The average Bonchev–Trinajstić information content (AvgIpc) is 2.30. The Hall–Kier alpha value is -1.89. The van der Waals surface area contributed by atoms with Gasteiger partial charge >= 0.3 is 5.97 Å². The lowest BCUT2D eigenvalue weighted by Crippen LogP contribution is -2.37. The molecule has 7 nitrogen and oxygen atoms in total. The second kappa shape index (κ2) is 6.00. The van der Waals surface area contributed by atoms with Crippen molar-refractivity contribution in [3.05, 3.63) is 22.7 Å². The lowest BCUT2D eigenvalue weighted by molar-refractivity contribution is -0.139. The van der Waals surface area contributed by atoms with Gasteiger partial charge in [0.05, 0.1) is 6.61 Å². The van der Waals surface area contributed by atoms with Gasteiger partial charge in [0.15, 0.2) is 5.82 Å². The molecule has 0 amide bonds. The van der Waals surface area contributed by atoms with Gasteiger partial charge in [0, 0.05) is 26.0 Å². The number of nitrogens with one attached hydrogen (secondary N) is 1. The van der Waals surface area contributed by atoms with E-state index in [0.717, 1.165) is 0 Å². The molecule has 2 N–H and O–H groups in total. The molecule has 1 atom stereocenters. The monoisotopic (exact) mass is 241 g/mol. The number of carboxylic acids is 1. The summed E-state index contributed by atoms with van der Waals surface area (Å²) in [6.45, 7) is 2.27. The standard InChI is InChI=1S/C10H15N3O4/c1-3-13-5-4-11-8(9(13)14)12-7(6-17-2)10(15)16/h4-5,7H,3,6H2,1-2H3,(H,11,12)(H,15,16). The van der Waals surface area contributed by atoms with Crippen LogP contribution in [0.25, 0.3) is 0 Å². The van der Waals surface area contributed by atoms with Crippen LogP contribution in [0.1, 0.15) is 6.92 Å². The fourth-order valence-corrected chi connectivity index (χ4v) is 1.30. The molecule has 17 heavy (non-hydrogen) atoms. The summed E-state index contributed by atoms with van der Waals surface area (Å²) in [4.78, 5) is 26.5. The third-order valence-corrected chi connectivity index (χ3v) is 2.20. The zero-order valence-electron chi connectivity index (χ0n) is 9.71. The molecule has 0 spiro atoms. The van der Waals surface area contributed by atoms with Crippen LogP contribution < -0.4 is 10.9 Å². The molecular weight excluding hydrogens is 226 g/mol. The molecule has 0 aromatic carbocycles. The number of carbonyl (C=O) groups is 1. The van der Waals surface area contributed by atoms with Gasteiger partial charge in [-0.1, -0.05) is 0 Å². The fraction of sp³-hybridized carbons (Fsp3) is 0.500. The van der Waals surface area contributed by atoms with Gasteiger partial charge in [0.25, 0.3) is 5.56 Å². The van der Waals surface area contributed by atoms with Crippen LogP contribution in [0.4, 0.5) is 5.82 Å². The third kappa shape index (κ3) is 3.28. The molecular formula is C10H15N3O4. The summed E-state index contributed by atoms with van der Waals surface area (Å²) in [5.74, 6) is -1.08. The number of ether oxygens (including phenoxy) is 1. The highest BCUT2D eigenvalue weighted by molar-refractivity contribution is 5.76. The Morgan fingerprint density at radius 1 is 1.71 bits per heavy atom. The normalized spacial score (nSPS) is 12.1. The van der Waals surface area contributed by atoms with Gasteiger partial charge in [-0.05, 0) is 6.92 Å². The fourth-order valence-electron chi connectivity index (χ4n) is 1.30. The van der Waals surface area contributed by atoms with Crippen molar-refractivity contribution in [2.75, 3.05) is 19.0 Å². The summed E-state index contributed by atoms with van der Waals surface area (Å²) < 4.78 is 6.19. The SMILES string of the molecule is CCn1ccnc(NC(COC)C(=O)O)c1=O. The maximum atomic E-state index is 11.8. The molecule has 1 rings (SSSR count). The number of nitrogens with zero attached hydrogens (tertiary/aromatic N) is 2. The molecule has 94 valence electrons. The highest BCUT2D eigenvalue weighted by Crippen LogP contribution is 1.98. The number of aromatic nitrogens is 2. The number of anilines is 1. The van der Waals surface area contributed by atoms with Crippen molar-refractivity contribution < 1.29 is 14.6 Å². The van der Waals surface area contributed by atoms with Crippen LogP contribution in [-0.2, 0) is 16.1 Å². The smallest absolute Gasteiger partial charge is 0.328 e. The Morgan fingerprint density at radius 2 is 2.41 bits per heavy atom. The van der Waals surface area contributed by atoms with E-state index in [1.165, 1.54) is 17.9 Å². The topological polar surface area (TPSA) is 93.4 Å². The molecule has 1 aromatic rings. The Balaban J connectivity index is 2.93. The Bertz CT molecular complexity index is 443. The third-order valence-electron chi connectivity index (χ3n) is 2.20. The highest BCUT2D eigenvalue weighted by Gasteiger charge is 2.19. The first-order valence-electron chi connectivity index (χ1n) is 5.13. The highest BCUT2D eigenvalue weighted by atomic mass is 16.5. The van der Waals surface area contributed by atoms with Gasteiger partial charge in [-0.25, -0.2) is 9.78 Å².